The first-order chi connectivity index (χ1) is 10.5. The number of nitrogens with zero attached hydrogens (tertiary/aromatic N) is 2. The van der Waals surface area contributed by atoms with Crippen LogP contribution < -0.4 is 5.32 Å². The van der Waals surface area contributed by atoms with E-state index in [4.69, 9.17) is 5.11 Å². The molecule has 2 aliphatic rings. The minimum Gasteiger partial charge on any atom is -0.395 e. The Morgan fingerprint density at radius 2 is 1.95 bits per heavy atom. The maximum absolute atomic E-state index is 12.6. The van der Waals surface area contributed by atoms with E-state index >= 15 is 0 Å². The molecule has 116 valence electrons. The van der Waals surface area contributed by atoms with Crippen LogP contribution in [-0.2, 0) is 4.79 Å². The van der Waals surface area contributed by atoms with E-state index in [1.807, 2.05) is 31.2 Å². The molecule has 1 atom stereocenters. The molecule has 1 aromatic rings. The third-order valence-electron chi connectivity index (χ3n) is 4.22. The highest BCUT2D eigenvalue weighted by Crippen LogP contribution is 2.35. The van der Waals surface area contributed by atoms with E-state index < -0.39 is 6.04 Å². The molecular formula is C16H19N3O3. The standard InChI is InChI=1S/C16H19N3O3/c1-10-3-5-11(6-4-10)14-13-12(18(2)16(22)17-14)9-19(7-8-20)15(13)21/h3-6,14,20H,7-9H2,1-2H3,(H,17,22)/t14-/m0/s1. The van der Waals surface area contributed by atoms with Gasteiger partial charge in [-0.3, -0.25) is 9.69 Å². The van der Waals surface area contributed by atoms with Gasteiger partial charge in [-0.15, -0.1) is 0 Å². The Balaban J connectivity index is 2.02. The molecule has 2 aliphatic heterocycles. The first kappa shape index (κ1) is 14.6. The van der Waals surface area contributed by atoms with Crippen LogP contribution in [0.5, 0.6) is 0 Å². The zero-order valence-corrected chi connectivity index (χ0v) is 12.7. The maximum atomic E-state index is 12.6. The predicted octanol–water partition coefficient (Wildman–Crippen LogP) is 0.780. The van der Waals surface area contributed by atoms with Gasteiger partial charge in [0.2, 0.25) is 0 Å². The number of carbonyl (C=O) groups excluding carboxylic acids is 2. The van der Waals surface area contributed by atoms with Crippen LogP contribution in [0.15, 0.2) is 35.5 Å². The number of carbonyl (C=O) groups is 2. The summed E-state index contributed by atoms with van der Waals surface area (Å²) < 4.78 is 0. The van der Waals surface area contributed by atoms with Crippen molar-refractivity contribution in [1.29, 1.82) is 0 Å². The van der Waals surface area contributed by atoms with Crippen LogP contribution in [0.4, 0.5) is 4.79 Å². The molecule has 6 nitrogen and oxygen atoms in total. The summed E-state index contributed by atoms with van der Waals surface area (Å²) in [4.78, 5) is 27.8. The first-order valence-electron chi connectivity index (χ1n) is 7.27. The summed E-state index contributed by atoms with van der Waals surface area (Å²) in [5.74, 6) is -0.124. The van der Waals surface area contributed by atoms with Crippen molar-refractivity contribution in [3.63, 3.8) is 0 Å². The zero-order valence-electron chi connectivity index (χ0n) is 12.7. The van der Waals surface area contributed by atoms with E-state index in [1.54, 1.807) is 11.9 Å². The number of hydrogen-bond acceptors (Lipinski definition) is 3. The summed E-state index contributed by atoms with van der Waals surface area (Å²) >= 11 is 0. The molecule has 0 fully saturated rings. The average molecular weight is 301 g/mol. The summed E-state index contributed by atoms with van der Waals surface area (Å²) in [5.41, 5.74) is 3.32. The third kappa shape index (κ3) is 2.25. The highest BCUT2D eigenvalue weighted by atomic mass is 16.3. The first-order valence-corrected chi connectivity index (χ1v) is 7.27. The van der Waals surface area contributed by atoms with Crippen molar-refractivity contribution >= 4 is 11.9 Å². The van der Waals surface area contributed by atoms with Crippen LogP contribution in [-0.4, -0.2) is 53.6 Å². The van der Waals surface area contributed by atoms with Gasteiger partial charge >= 0.3 is 6.03 Å². The summed E-state index contributed by atoms with van der Waals surface area (Å²) in [7, 11) is 1.66. The minimum absolute atomic E-state index is 0.0907. The van der Waals surface area contributed by atoms with Gasteiger partial charge in [0.05, 0.1) is 30.5 Å². The van der Waals surface area contributed by atoms with E-state index in [9.17, 15) is 9.59 Å². The highest BCUT2D eigenvalue weighted by molar-refractivity contribution is 6.01. The van der Waals surface area contributed by atoms with Gasteiger partial charge in [0.15, 0.2) is 0 Å². The molecular weight excluding hydrogens is 282 g/mol. The average Bonchev–Trinajstić information content (AvgIpc) is 2.82. The van der Waals surface area contributed by atoms with Gasteiger partial charge in [-0.2, -0.15) is 0 Å². The molecule has 0 bridgehead atoms. The fourth-order valence-corrected chi connectivity index (χ4v) is 2.93. The van der Waals surface area contributed by atoms with Gasteiger partial charge in [-0.05, 0) is 12.5 Å². The van der Waals surface area contributed by atoms with Crippen molar-refractivity contribution in [1.82, 2.24) is 15.1 Å². The number of hydrogen-bond donors (Lipinski definition) is 2. The highest BCUT2D eigenvalue weighted by Gasteiger charge is 2.42. The van der Waals surface area contributed by atoms with Crippen molar-refractivity contribution in [3.05, 3.63) is 46.7 Å². The number of aliphatic hydroxyl groups is 1. The van der Waals surface area contributed by atoms with Gasteiger partial charge in [0, 0.05) is 13.6 Å². The number of rotatable bonds is 3. The van der Waals surface area contributed by atoms with E-state index in [0.29, 0.717) is 17.8 Å². The lowest BCUT2D eigenvalue weighted by atomic mass is 9.95. The van der Waals surface area contributed by atoms with E-state index in [-0.39, 0.29) is 25.1 Å². The Kier molecular flexibility index (Phi) is 3.62. The third-order valence-corrected chi connectivity index (χ3v) is 4.22. The van der Waals surface area contributed by atoms with Crippen LogP contribution >= 0.6 is 0 Å². The molecule has 2 heterocycles. The van der Waals surface area contributed by atoms with Crippen molar-refractivity contribution < 1.29 is 14.7 Å². The molecule has 0 radical (unpaired) electrons. The van der Waals surface area contributed by atoms with Crippen LogP contribution in [0.25, 0.3) is 0 Å². The van der Waals surface area contributed by atoms with Crippen LogP contribution in [0.1, 0.15) is 17.2 Å². The van der Waals surface area contributed by atoms with Gasteiger partial charge in [-0.25, -0.2) is 4.79 Å². The zero-order chi connectivity index (χ0) is 15.9. The molecule has 0 unspecified atom stereocenters. The summed E-state index contributed by atoms with van der Waals surface area (Å²) in [6.45, 7) is 2.54. The number of urea groups is 1. The molecule has 0 spiro atoms. The molecule has 0 saturated heterocycles. The number of amides is 3. The summed E-state index contributed by atoms with van der Waals surface area (Å²) in [5, 5.41) is 12.0. The van der Waals surface area contributed by atoms with Crippen molar-refractivity contribution in [2.45, 2.75) is 13.0 Å². The van der Waals surface area contributed by atoms with Crippen LogP contribution in [0, 0.1) is 6.92 Å². The fourth-order valence-electron chi connectivity index (χ4n) is 2.93. The lowest BCUT2D eigenvalue weighted by Crippen LogP contribution is -2.45. The smallest absolute Gasteiger partial charge is 0.322 e. The van der Waals surface area contributed by atoms with Gasteiger partial charge in [-0.1, -0.05) is 29.8 Å². The van der Waals surface area contributed by atoms with E-state index in [1.165, 1.54) is 4.90 Å². The number of likely N-dealkylation sites (N-methyl/N-ethyl adjacent to an activating group) is 1. The molecule has 0 aliphatic carbocycles. The number of aryl methyl sites for hydroxylation is 1. The van der Waals surface area contributed by atoms with Crippen molar-refractivity contribution in [2.24, 2.45) is 0 Å². The Hall–Kier alpha value is -2.34. The molecule has 0 aromatic heterocycles. The lowest BCUT2D eigenvalue weighted by Gasteiger charge is -2.31. The monoisotopic (exact) mass is 301 g/mol. The SMILES string of the molecule is Cc1ccc([C@@H]2NC(=O)N(C)C3=C2C(=O)N(CCO)C3)cc1. The van der Waals surface area contributed by atoms with E-state index in [2.05, 4.69) is 5.32 Å². The molecule has 2 N–H and O–H groups in total. The molecule has 1 aromatic carbocycles. The second kappa shape index (κ2) is 5.46. The Morgan fingerprint density at radius 3 is 2.59 bits per heavy atom. The fraction of sp³-hybridized carbons (Fsp3) is 0.375. The second-order valence-electron chi connectivity index (χ2n) is 5.66. The molecule has 6 heteroatoms. The normalized spacial score (nSPS) is 21.3. The van der Waals surface area contributed by atoms with Crippen LogP contribution in [0.3, 0.4) is 0 Å². The Labute approximate surface area is 129 Å². The Bertz CT molecular complexity index is 651. The molecule has 22 heavy (non-hydrogen) atoms. The summed E-state index contributed by atoms with van der Waals surface area (Å²) in [6, 6.07) is 7.13. The number of benzene rings is 1. The predicted molar refractivity (Wildman–Crippen MR) is 80.9 cm³/mol. The molecule has 3 amide bonds. The summed E-state index contributed by atoms with van der Waals surface area (Å²) in [6.07, 6.45) is 0. The maximum Gasteiger partial charge on any atom is 0.322 e. The van der Waals surface area contributed by atoms with Crippen molar-refractivity contribution in [2.75, 3.05) is 26.7 Å². The van der Waals surface area contributed by atoms with Crippen LogP contribution in [0.2, 0.25) is 0 Å². The van der Waals surface area contributed by atoms with E-state index in [0.717, 1.165) is 11.1 Å². The van der Waals surface area contributed by atoms with Crippen molar-refractivity contribution in [3.8, 4) is 0 Å². The number of β-amino-alcohol motifs (C(OH)–C–C–N with tert-alkyl or cyclic N) is 1. The lowest BCUT2D eigenvalue weighted by molar-refractivity contribution is -0.126. The van der Waals surface area contributed by atoms with Gasteiger partial charge in [0.25, 0.3) is 5.91 Å². The second-order valence-corrected chi connectivity index (χ2v) is 5.66. The largest absolute Gasteiger partial charge is 0.395 e. The Morgan fingerprint density at radius 1 is 1.27 bits per heavy atom. The molecule has 3 rings (SSSR count). The van der Waals surface area contributed by atoms with Gasteiger partial charge < -0.3 is 15.3 Å². The van der Waals surface area contributed by atoms with Gasteiger partial charge in [0.1, 0.15) is 0 Å². The number of nitrogens with one attached hydrogen (secondary N) is 1. The molecule has 0 saturated carbocycles. The number of aliphatic hydroxyl groups excluding tert-OH is 1. The topological polar surface area (TPSA) is 72.9 Å². The minimum atomic E-state index is -0.435. The quantitative estimate of drug-likeness (QED) is 0.866.